The molecule has 27 heavy (non-hydrogen) atoms. The predicted octanol–water partition coefficient (Wildman–Crippen LogP) is 3.54. The highest BCUT2D eigenvalue weighted by molar-refractivity contribution is 6.07. The van der Waals surface area contributed by atoms with Crippen molar-refractivity contribution in [1.82, 2.24) is 9.88 Å². The van der Waals surface area contributed by atoms with Gasteiger partial charge in [0.1, 0.15) is 5.69 Å². The molecule has 0 fully saturated rings. The van der Waals surface area contributed by atoms with E-state index in [1.165, 1.54) is 7.11 Å². The summed E-state index contributed by atoms with van der Waals surface area (Å²) in [6.45, 7) is 7.60. The van der Waals surface area contributed by atoms with Crippen LogP contribution in [0.2, 0.25) is 0 Å². The smallest absolute Gasteiger partial charge is 0.354 e. The summed E-state index contributed by atoms with van der Waals surface area (Å²) >= 11 is 0. The first-order chi connectivity index (χ1) is 12.8. The minimum atomic E-state index is -0.656. The molecule has 6 heteroatoms. The van der Waals surface area contributed by atoms with Crippen molar-refractivity contribution >= 4 is 17.7 Å². The number of aryl methyl sites for hydroxylation is 1. The Labute approximate surface area is 159 Å². The van der Waals surface area contributed by atoms with E-state index in [2.05, 4.69) is 4.98 Å². The number of esters is 1. The topological polar surface area (TPSA) is 79.5 Å². The second-order valence-electron chi connectivity index (χ2n) is 6.52. The molecule has 2 aromatic rings. The summed E-state index contributed by atoms with van der Waals surface area (Å²) in [5.74, 6) is -0.903. The zero-order chi connectivity index (χ0) is 20.1. The Morgan fingerprint density at radius 2 is 1.78 bits per heavy atom. The first-order valence-corrected chi connectivity index (χ1v) is 9.01. The van der Waals surface area contributed by atoms with Crippen LogP contribution in [-0.4, -0.2) is 47.2 Å². The highest BCUT2D eigenvalue weighted by atomic mass is 16.5. The lowest BCUT2D eigenvalue weighted by molar-refractivity contribution is 0.0592. The van der Waals surface area contributed by atoms with Crippen LogP contribution in [0, 0.1) is 13.8 Å². The summed E-state index contributed by atoms with van der Waals surface area (Å²) < 4.78 is 4.76. The van der Waals surface area contributed by atoms with Crippen molar-refractivity contribution in [2.75, 3.05) is 13.7 Å². The number of hydrogen-bond acceptors (Lipinski definition) is 4. The molecule has 1 amide bonds. The normalized spacial score (nSPS) is 11.7. The van der Waals surface area contributed by atoms with Crippen LogP contribution >= 0.6 is 0 Å². The van der Waals surface area contributed by atoms with E-state index in [1.54, 1.807) is 49.9 Å². The number of aromatic amines is 1. The summed E-state index contributed by atoms with van der Waals surface area (Å²) in [7, 11) is 1.30. The third-order valence-electron chi connectivity index (χ3n) is 4.67. The fraction of sp³-hybridized carbons (Fsp3) is 0.381. The third-order valence-corrected chi connectivity index (χ3v) is 4.67. The summed E-state index contributed by atoms with van der Waals surface area (Å²) in [4.78, 5) is 42.5. The number of carbonyl (C=O) groups excluding carboxylic acids is 3. The Kier molecular flexibility index (Phi) is 6.55. The molecule has 2 rings (SSSR count). The molecule has 0 bridgehead atoms. The van der Waals surface area contributed by atoms with Gasteiger partial charge < -0.3 is 14.6 Å². The summed E-state index contributed by atoms with van der Waals surface area (Å²) in [5.41, 5.74) is 2.38. The molecule has 0 aliphatic heterocycles. The van der Waals surface area contributed by atoms with E-state index < -0.39 is 12.0 Å². The largest absolute Gasteiger partial charge is 0.464 e. The van der Waals surface area contributed by atoms with Gasteiger partial charge in [-0.3, -0.25) is 9.59 Å². The summed E-state index contributed by atoms with van der Waals surface area (Å²) in [5, 5.41) is 0. The fourth-order valence-electron chi connectivity index (χ4n) is 3.23. The standard InChI is InChI=1S/C21H26N2O4/c1-6-12-23(20(25)16-10-8-7-9-11-16)15(4)19(24)17-13(2)18(21(26)27-5)22-14(17)3/h7-11,15,22H,6,12H2,1-5H3/t15-/m0/s1. The monoisotopic (exact) mass is 370 g/mol. The van der Waals surface area contributed by atoms with Crippen molar-refractivity contribution in [2.24, 2.45) is 0 Å². The first kappa shape index (κ1) is 20.4. The van der Waals surface area contributed by atoms with Crippen LogP contribution in [-0.2, 0) is 4.74 Å². The highest BCUT2D eigenvalue weighted by Crippen LogP contribution is 2.23. The van der Waals surface area contributed by atoms with Gasteiger partial charge in [-0.1, -0.05) is 25.1 Å². The number of methoxy groups -OCH3 is 1. The number of rotatable bonds is 7. The quantitative estimate of drug-likeness (QED) is 0.597. The van der Waals surface area contributed by atoms with Gasteiger partial charge in [0.2, 0.25) is 0 Å². The number of Topliss-reactive ketones (excluding diaryl/α,β-unsaturated/α-hetero) is 1. The van der Waals surface area contributed by atoms with Gasteiger partial charge in [0.25, 0.3) is 5.91 Å². The number of nitrogens with zero attached hydrogens (tertiary/aromatic N) is 1. The maximum absolute atomic E-state index is 13.2. The van der Waals surface area contributed by atoms with E-state index >= 15 is 0 Å². The minimum Gasteiger partial charge on any atom is -0.464 e. The lowest BCUT2D eigenvalue weighted by Crippen LogP contribution is -2.44. The van der Waals surface area contributed by atoms with Gasteiger partial charge in [-0.05, 0) is 44.9 Å². The molecule has 0 aliphatic carbocycles. The molecule has 0 aliphatic rings. The molecule has 0 unspecified atom stereocenters. The lowest BCUT2D eigenvalue weighted by Gasteiger charge is -2.28. The van der Waals surface area contributed by atoms with Crippen LogP contribution in [0.1, 0.15) is 62.7 Å². The van der Waals surface area contributed by atoms with E-state index in [9.17, 15) is 14.4 Å². The number of amides is 1. The average molecular weight is 370 g/mol. The SMILES string of the molecule is CCCN(C(=O)c1ccccc1)[C@@H](C)C(=O)c1c(C)[nH]c(C(=O)OC)c1C. The number of hydrogen-bond donors (Lipinski definition) is 1. The van der Waals surface area contributed by atoms with Gasteiger partial charge in [-0.15, -0.1) is 0 Å². The number of ketones is 1. The highest BCUT2D eigenvalue weighted by Gasteiger charge is 2.31. The van der Waals surface area contributed by atoms with Gasteiger partial charge in [0.05, 0.1) is 13.2 Å². The van der Waals surface area contributed by atoms with Gasteiger partial charge in [-0.2, -0.15) is 0 Å². The molecule has 1 atom stereocenters. The predicted molar refractivity (Wildman–Crippen MR) is 103 cm³/mol. The molecule has 1 heterocycles. The van der Waals surface area contributed by atoms with Crippen molar-refractivity contribution < 1.29 is 19.1 Å². The number of ether oxygens (including phenoxy) is 1. The second-order valence-corrected chi connectivity index (χ2v) is 6.52. The summed E-state index contributed by atoms with van der Waals surface area (Å²) in [6.07, 6.45) is 0.731. The van der Waals surface area contributed by atoms with E-state index in [0.29, 0.717) is 28.9 Å². The number of nitrogens with one attached hydrogen (secondary N) is 1. The molecule has 1 aromatic carbocycles. The Morgan fingerprint density at radius 1 is 1.15 bits per heavy atom. The number of aromatic nitrogens is 1. The van der Waals surface area contributed by atoms with Crippen molar-refractivity contribution in [2.45, 2.75) is 40.2 Å². The third kappa shape index (κ3) is 4.10. The zero-order valence-corrected chi connectivity index (χ0v) is 16.5. The molecule has 1 N–H and O–H groups in total. The lowest BCUT2D eigenvalue weighted by atomic mass is 9.99. The fourth-order valence-corrected chi connectivity index (χ4v) is 3.23. The van der Waals surface area contributed by atoms with Crippen molar-refractivity contribution in [3.8, 4) is 0 Å². The molecule has 0 spiro atoms. The Morgan fingerprint density at radius 3 is 2.33 bits per heavy atom. The molecule has 6 nitrogen and oxygen atoms in total. The van der Waals surface area contributed by atoms with E-state index in [-0.39, 0.29) is 17.4 Å². The van der Waals surface area contributed by atoms with Crippen molar-refractivity contribution in [3.05, 3.63) is 58.4 Å². The van der Waals surface area contributed by atoms with E-state index in [4.69, 9.17) is 4.74 Å². The van der Waals surface area contributed by atoms with Gasteiger partial charge in [0.15, 0.2) is 5.78 Å². The molecular formula is C21H26N2O4. The van der Waals surface area contributed by atoms with E-state index in [0.717, 1.165) is 6.42 Å². The van der Waals surface area contributed by atoms with Crippen molar-refractivity contribution in [3.63, 3.8) is 0 Å². The Bertz CT molecular complexity index is 839. The number of H-pyrrole nitrogens is 1. The van der Waals surface area contributed by atoms with Crippen LogP contribution in [0.4, 0.5) is 0 Å². The number of carbonyl (C=O) groups is 3. The van der Waals surface area contributed by atoms with Gasteiger partial charge in [0, 0.05) is 23.4 Å². The van der Waals surface area contributed by atoms with Crippen LogP contribution in [0.3, 0.4) is 0 Å². The Hall–Kier alpha value is -2.89. The van der Waals surface area contributed by atoms with Crippen LogP contribution < -0.4 is 0 Å². The minimum absolute atomic E-state index is 0.183. The summed E-state index contributed by atoms with van der Waals surface area (Å²) in [6, 6.07) is 8.27. The van der Waals surface area contributed by atoms with Crippen molar-refractivity contribution in [1.29, 1.82) is 0 Å². The van der Waals surface area contributed by atoms with Crippen LogP contribution in [0.5, 0.6) is 0 Å². The second kappa shape index (κ2) is 8.66. The molecule has 1 aromatic heterocycles. The number of benzene rings is 1. The van der Waals surface area contributed by atoms with E-state index in [1.807, 2.05) is 13.0 Å². The molecule has 0 radical (unpaired) electrons. The van der Waals surface area contributed by atoms with Gasteiger partial charge >= 0.3 is 5.97 Å². The molecular weight excluding hydrogens is 344 g/mol. The molecule has 0 saturated carbocycles. The first-order valence-electron chi connectivity index (χ1n) is 9.01. The maximum Gasteiger partial charge on any atom is 0.354 e. The van der Waals surface area contributed by atoms with Gasteiger partial charge in [-0.25, -0.2) is 4.79 Å². The maximum atomic E-state index is 13.2. The average Bonchev–Trinajstić information content (AvgIpc) is 2.98. The molecule has 0 saturated heterocycles. The van der Waals surface area contributed by atoms with Crippen LogP contribution in [0.15, 0.2) is 30.3 Å². The Balaban J connectivity index is 2.37. The molecule has 144 valence electrons. The van der Waals surface area contributed by atoms with Crippen LogP contribution in [0.25, 0.3) is 0 Å². The zero-order valence-electron chi connectivity index (χ0n) is 16.5.